The molecule has 0 spiro atoms. The lowest BCUT2D eigenvalue weighted by molar-refractivity contribution is 0.245. The molecule has 1 aromatic rings. The lowest BCUT2D eigenvalue weighted by Crippen LogP contribution is -2.36. The van der Waals surface area contributed by atoms with Gasteiger partial charge in [-0.3, -0.25) is 0 Å². The molecule has 2 N–H and O–H groups in total. The van der Waals surface area contributed by atoms with Gasteiger partial charge < -0.3 is 5.73 Å². The van der Waals surface area contributed by atoms with Gasteiger partial charge in [0.05, 0.1) is 0 Å². The Hall–Kier alpha value is -0.820. The van der Waals surface area contributed by atoms with Gasteiger partial charge in [0.15, 0.2) is 0 Å². The highest BCUT2D eigenvalue weighted by Crippen LogP contribution is 2.30. The van der Waals surface area contributed by atoms with E-state index >= 15 is 0 Å². The highest BCUT2D eigenvalue weighted by molar-refractivity contribution is 5.15. The molecular weight excluding hydrogens is 182 g/mol. The van der Waals surface area contributed by atoms with E-state index in [0.29, 0.717) is 12.0 Å². The first-order chi connectivity index (χ1) is 7.25. The van der Waals surface area contributed by atoms with Gasteiger partial charge in [-0.2, -0.15) is 0 Å². The van der Waals surface area contributed by atoms with E-state index in [4.69, 9.17) is 5.73 Å². The van der Waals surface area contributed by atoms with Crippen molar-refractivity contribution >= 4 is 0 Å². The van der Waals surface area contributed by atoms with Gasteiger partial charge in [-0.1, -0.05) is 37.3 Å². The van der Waals surface area contributed by atoms with Crippen LogP contribution < -0.4 is 5.73 Å². The molecule has 0 aliphatic heterocycles. The SMILES string of the molecule is CC1CCC(N)[C@@H](Cc2ccccc2)C1. The molecule has 1 nitrogen and oxygen atoms in total. The summed E-state index contributed by atoms with van der Waals surface area (Å²) in [6.45, 7) is 2.35. The topological polar surface area (TPSA) is 26.0 Å². The van der Waals surface area contributed by atoms with Crippen LogP contribution in [0.5, 0.6) is 0 Å². The van der Waals surface area contributed by atoms with Crippen LogP contribution in [0.4, 0.5) is 0 Å². The standard InChI is InChI=1S/C14H21N/c1-11-7-8-14(15)13(9-11)10-12-5-3-2-4-6-12/h2-6,11,13-14H,7-10,15H2,1H3/t11?,13-,14?/m1/s1. The lowest BCUT2D eigenvalue weighted by Gasteiger charge is -2.32. The largest absolute Gasteiger partial charge is 0.327 e. The van der Waals surface area contributed by atoms with Crippen LogP contribution in [0.3, 0.4) is 0 Å². The fourth-order valence-corrected chi connectivity index (χ4v) is 2.67. The maximum Gasteiger partial charge on any atom is 0.00705 e. The third-order valence-electron chi connectivity index (χ3n) is 3.64. The molecule has 0 saturated heterocycles. The van der Waals surface area contributed by atoms with Gasteiger partial charge in [-0.05, 0) is 43.1 Å². The van der Waals surface area contributed by atoms with Crippen LogP contribution in [0.1, 0.15) is 31.7 Å². The summed E-state index contributed by atoms with van der Waals surface area (Å²) in [4.78, 5) is 0. The van der Waals surface area contributed by atoms with Gasteiger partial charge in [-0.25, -0.2) is 0 Å². The molecule has 3 atom stereocenters. The number of hydrogen-bond donors (Lipinski definition) is 1. The van der Waals surface area contributed by atoms with Crippen LogP contribution in [0.2, 0.25) is 0 Å². The maximum absolute atomic E-state index is 6.19. The fourth-order valence-electron chi connectivity index (χ4n) is 2.67. The van der Waals surface area contributed by atoms with Gasteiger partial charge in [0.25, 0.3) is 0 Å². The van der Waals surface area contributed by atoms with Crippen LogP contribution in [-0.4, -0.2) is 6.04 Å². The van der Waals surface area contributed by atoms with E-state index in [1.165, 1.54) is 24.8 Å². The molecule has 0 heterocycles. The summed E-state index contributed by atoms with van der Waals surface area (Å²) in [6, 6.07) is 11.2. The van der Waals surface area contributed by atoms with E-state index in [0.717, 1.165) is 12.3 Å². The van der Waals surface area contributed by atoms with E-state index < -0.39 is 0 Å². The lowest BCUT2D eigenvalue weighted by atomic mass is 9.76. The normalized spacial score (nSPS) is 31.5. The Kier molecular flexibility index (Phi) is 3.42. The first kappa shape index (κ1) is 10.7. The number of hydrogen-bond acceptors (Lipinski definition) is 1. The minimum absolute atomic E-state index is 0.418. The first-order valence-electron chi connectivity index (χ1n) is 6.05. The van der Waals surface area contributed by atoms with Crippen LogP contribution in [-0.2, 0) is 6.42 Å². The van der Waals surface area contributed by atoms with Crippen LogP contribution in [0.25, 0.3) is 0 Å². The summed E-state index contributed by atoms with van der Waals surface area (Å²) in [5.41, 5.74) is 7.63. The smallest absolute Gasteiger partial charge is 0.00705 e. The third kappa shape index (κ3) is 2.82. The molecule has 1 aliphatic rings. The van der Waals surface area contributed by atoms with Crippen molar-refractivity contribution in [3.63, 3.8) is 0 Å². The second-order valence-electron chi connectivity index (χ2n) is 5.03. The molecule has 0 amide bonds. The van der Waals surface area contributed by atoms with Crippen LogP contribution in [0, 0.1) is 11.8 Å². The maximum atomic E-state index is 6.19. The zero-order chi connectivity index (χ0) is 10.7. The monoisotopic (exact) mass is 203 g/mol. The molecule has 0 radical (unpaired) electrons. The van der Waals surface area contributed by atoms with E-state index in [9.17, 15) is 0 Å². The molecule has 1 saturated carbocycles. The molecule has 82 valence electrons. The van der Waals surface area contributed by atoms with E-state index in [2.05, 4.69) is 37.3 Å². The minimum Gasteiger partial charge on any atom is -0.327 e. The second-order valence-corrected chi connectivity index (χ2v) is 5.03. The molecule has 1 aromatic carbocycles. The third-order valence-corrected chi connectivity index (χ3v) is 3.64. The summed E-state index contributed by atoms with van der Waals surface area (Å²) in [7, 11) is 0. The molecule has 15 heavy (non-hydrogen) atoms. The zero-order valence-electron chi connectivity index (χ0n) is 9.52. The van der Waals surface area contributed by atoms with Gasteiger partial charge in [-0.15, -0.1) is 0 Å². The van der Waals surface area contributed by atoms with Crippen molar-refractivity contribution in [1.82, 2.24) is 0 Å². The van der Waals surface area contributed by atoms with Gasteiger partial charge in [0.1, 0.15) is 0 Å². The summed E-state index contributed by atoms with van der Waals surface area (Å²) in [6.07, 6.45) is 4.98. The average Bonchev–Trinajstić information content (AvgIpc) is 2.25. The number of benzene rings is 1. The molecule has 2 rings (SSSR count). The van der Waals surface area contributed by atoms with Crippen molar-refractivity contribution in [2.45, 2.75) is 38.6 Å². The zero-order valence-corrected chi connectivity index (χ0v) is 9.52. The van der Waals surface area contributed by atoms with Gasteiger partial charge >= 0.3 is 0 Å². The first-order valence-corrected chi connectivity index (χ1v) is 6.05. The highest BCUT2D eigenvalue weighted by atomic mass is 14.7. The van der Waals surface area contributed by atoms with E-state index in [1.807, 2.05) is 0 Å². The Bertz CT molecular complexity index is 293. The number of nitrogens with two attached hydrogens (primary N) is 1. The summed E-state index contributed by atoms with van der Waals surface area (Å²) in [5, 5.41) is 0. The second kappa shape index (κ2) is 4.80. The molecule has 0 bridgehead atoms. The Morgan fingerprint density at radius 2 is 1.93 bits per heavy atom. The van der Waals surface area contributed by atoms with Crippen molar-refractivity contribution in [1.29, 1.82) is 0 Å². The van der Waals surface area contributed by atoms with Crippen molar-refractivity contribution in [2.24, 2.45) is 17.6 Å². The Morgan fingerprint density at radius 3 is 2.67 bits per heavy atom. The Balaban J connectivity index is 1.98. The van der Waals surface area contributed by atoms with Crippen molar-refractivity contribution < 1.29 is 0 Å². The molecule has 1 aliphatic carbocycles. The fraction of sp³-hybridized carbons (Fsp3) is 0.571. The minimum atomic E-state index is 0.418. The van der Waals surface area contributed by atoms with Crippen molar-refractivity contribution in [3.8, 4) is 0 Å². The number of rotatable bonds is 2. The highest BCUT2D eigenvalue weighted by Gasteiger charge is 2.25. The molecule has 1 heteroatoms. The summed E-state index contributed by atoms with van der Waals surface area (Å²) >= 11 is 0. The van der Waals surface area contributed by atoms with Crippen LogP contribution >= 0.6 is 0 Å². The van der Waals surface area contributed by atoms with E-state index in [-0.39, 0.29) is 0 Å². The molecule has 2 unspecified atom stereocenters. The quantitative estimate of drug-likeness (QED) is 0.785. The predicted molar refractivity (Wildman–Crippen MR) is 64.6 cm³/mol. The van der Waals surface area contributed by atoms with E-state index in [1.54, 1.807) is 0 Å². The summed E-state index contributed by atoms with van der Waals surface area (Å²) < 4.78 is 0. The van der Waals surface area contributed by atoms with Crippen molar-refractivity contribution in [2.75, 3.05) is 0 Å². The Labute approximate surface area is 92.7 Å². The van der Waals surface area contributed by atoms with Crippen LogP contribution in [0.15, 0.2) is 30.3 Å². The summed E-state index contributed by atoms with van der Waals surface area (Å²) in [5.74, 6) is 1.55. The molecule has 0 aromatic heterocycles. The van der Waals surface area contributed by atoms with Crippen molar-refractivity contribution in [3.05, 3.63) is 35.9 Å². The van der Waals surface area contributed by atoms with Gasteiger partial charge in [0.2, 0.25) is 0 Å². The predicted octanol–water partition coefficient (Wildman–Crippen LogP) is 2.99. The molecule has 1 fully saturated rings. The molecular formula is C14H21N. The Morgan fingerprint density at radius 1 is 1.20 bits per heavy atom. The van der Waals surface area contributed by atoms with Gasteiger partial charge in [0, 0.05) is 6.04 Å². The average molecular weight is 203 g/mol.